The number of imide groups is 1. The SMILES string of the molecule is O=C1CCC(N2Cc3c(NCCOCCOCCO)cccc3C2=O)C(=O)N1. The van der Waals surface area contributed by atoms with Gasteiger partial charge < -0.3 is 24.8 Å². The van der Waals surface area contributed by atoms with Crippen molar-refractivity contribution in [2.45, 2.75) is 25.4 Å². The van der Waals surface area contributed by atoms with Gasteiger partial charge in [-0.2, -0.15) is 0 Å². The third kappa shape index (κ3) is 4.67. The molecular formula is C19H25N3O6. The van der Waals surface area contributed by atoms with Crippen LogP contribution < -0.4 is 10.6 Å². The first-order chi connectivity index (χ1) is 13.6. The van der Waals surface area contributed by atoms with Crippen molar-refractivity contribution in [3.63, 3.8) is 0 Å². The van der Waals surface area contributed by atoms with Crippen molar-refractivity contribution in [1.82, 2.24) is 10.2 Å². The van der Waals surface area contributed by atoms with Gasteiger partial charge in [-0.05, 0) is 18.6 Å². The van der Waals surface area contributed by atoms with Gasteiger partial charge in [0.2, 0.25) is 11.8 Å². The number of ether oxygens (including phenoxy) is 2. The third-order valence-electron chi connectivity index (χ3n) is 4.75. The summed E-state index contributed by atoms with van der Waals surface area (Å²) in [6.07, 6.45) is 0.584. The summed E-state index contributed by atoms with van der Waals surface area (Å²) in [5.41, 5.74) is 2.26. The number of nitrogens with zero attached hydrogens (tertiary/aromatic N) is 1. The molecule has 1 fully saturated rings. The summed E-state index contributed by atoms with van der Waals surface area (Å²) in [5, 5.41) is 14.2. The third-order valence-corrected chi connectivity index (χ3v) is 4.75. The fourth-order valence-electron chi connectivity index (χ4n) is 3.40. The van der Waals surface area contributed by atoms with Crippen LogP contribution in [0.2, 0.25) is 0 Å². The average Bonchev–Trinajstić information content (AvgIpc) is 3.01. The highest BCUT2D eigenvalue weighted by molar-refractivity contribution is 6.06. The van der Waals surface area contributed by atoms with Crippen LogP contribution in [0.25, 0.3) is 0 Å². The van der Waals surface area contributed by atoms with Crippen molar-refractivity contribution in [1.29, 1.82) is 0 Å². The Hall–Kier alpha value is -2.49. The second kappa shape index (κ2) is 9.63. The van der Waals surface area contributed by atoms with Crippen LogP contribution >= 0.6 is 0 Å². The normalized spacial score (nSPS) is 19.0. The Bertz CT molecular complexity index is 738. The number of amides is 3. The standard InChI is InChI=1S/C19H25N3O6/c23-7-9-28-11-10-27-8-6-20-15-3-1-2-13-14(15)12-22(19(13)26)16-4-5-17(24)21-18(16)25/h1-3,16,20,23H,4-12H2,(H,21,24,25). The first kappa shape index (κ1) is 20.2. The van der Waals surface area contributed by atoms with Gasteiger partial charge in [-0.15, -0.1) is 0 Å². The molecule has 9 nitrogen and oxygen atoms in total. The van der Waals surface area contributed by atoms with Crippen LogP contribution in [0.4, 0.5) is 5.69 Å². The van der Waals surface area contributed by atoms with Gasteiger partial charge in [-0.25, -0.2) is 0 Å². The summed E-state index contributed by atoms with van der Waals surface area (Å²) in [5.74, 6) is -0.899. The van der Waals surface area contributed by atoms with Gasteiger partial charge in [0, 0.05) is 36.3 Å². The van der Waals surface area contributed by atoms with Crippen molar-refractivity contribution in [2.24, 2.45) is 0 Å². The van der Waals surface area contributed by atoms with Crippen molar-refractivity contribution in [2.75, 3.05) is 44.9 Å². The Morgan fingerprint density at radius 3 is 2.68 bits per heavy atom. The van der Waals surface area contributed by atoms with E-state index in [2.05, 4.69) is 10.6 Å². The monoisotopic (exact) mass is 391 g/mol. The van der Waals surface area contributed by atoms with Crippen LogP contribution in [0.15, 0.2) is 18.2 Å². The summed E-state index contributed by atoms with van der Waals surface area (Å²) in [7, 11) is 0. The highest BCUT2D eigenvalue weighted by atomic mass is 16.5. The Balaban J connectivity index is 1.54. The minimum atomic E-state index is -0.618. The largest absolute Gasteiger partial charge is 0.394 e. The molecule has 1 unspecified atom stereocenters. The Morgan fingerprint density at radius 2 is 1.93 bits per heavy atom. The zero-order valence-corrected chi connectivity index (χ0v) is 15.6. The van der Waals surface area contributed by atoms with Gasteiger partial charge >= 0.3 is 0 Å². The topological polar surface area (TPSA) is 117 Å². The summed E-state index contributed by atoms with van der Waals surface area (Å²) in [6.45, 7) is 2.53. The second-order valence-electron chi connectivity index (χ2n) is 6.61. The molecule has 2 aliphatic rings. The molecule has 3 rings (SSSR count). The van der Waals surface area contributed by atoms with E-state index in [4.69, 9.17) is 14.6 Å². The van der Waals surface area contributed by atoms with Crippen LogP contribution in [-0.2, 0) is 25.6 Å². The van der Waals surface area contributed by atoms with E-state index < -0.39 is 11.9 Å². The molecule has 0 aromatic heterocycles. The van der Waals surface area contributed by atoms with Gasteiger partial charge in [-0.1, -0.05) is 6.07 Å². The van der Waals surface area contributed by atoms with Gasteiger partial charge in [-0.3, -0.25) is 19.7 Å². The molecule has 9 heteroatoms. The lowest BCUT2D eigenvalue weighted by atomic mass is 10.0. The van der Waals surface area contributed by atoms with E-state index in [9.17, 15) is 14.4 Å². The molecule has 1 saturated heterocycles. The Kier molecular flexibility index (Phi) is 6.96. The van der Waals surface area contributed by atoms with Crippen LogP contribution in [0, 0.1) is 0 Å². The van der Waals surface area contributed by atoms with Crippen LogP contribution in [0.5, 0.6) is 0 Å². The van der Waals surface area contributed by atoms with Crippen LogP contribution in [0.1, 0.15) is 28.8 Å². The zero-order chi connectivity index (χ0) is 19.9. The lowest BCUT2D eigenvalue weighted by Gasteiger charge is -2.29. The number of aliphatic hydroxyl groups is 1. The summed E-state index contributed by atoms with van der Waals surface area (Å²) < 4.78 is 10.6. The number of hydrogen-bond acceptors (Lipinski definition) is 7. The Morgan fingerprint density at radius 1 is 1.14 bits per heavy atom. The van der Waals surface area contributed by atoms with E-state index in [-0.39, 0.29) is 24.8 Å². The van der Waals surface area contributed by atoms with Crippen molar-refractivity contribution in [3.05, 3.63) is 29.3 Å². The number of aliphatic hydroxyl groups excluding tert-OH is 1. The number of rotatable bonds is 10. The molecule has 2 aliphatic heterocycles. The maximum atomic E-state index is 12.8. The van der Waals surface area contributed by atoms with E-state index in [1.54, 1.807) is 12.1 Å². The Labute approximate surface area is 163 Å². The molecule has 1 aromatic rings. The zero-order valence-electron chi connectivity index (χ0n) is 15.6. The predicted octanol–water partition coefficient (Wildman–Crippen LogP) is -0.115. The van der Waals surface area contributed by atoms with E-state index >= 15 is 0 Å². The maximum Gasteiger partial charge on any atom is 0.255 e. The summed E-state index contributed by atoms with van der Waals surface area (Å²) in [4.78, 5) is 37.8. The molecule has 0 radical (unpaired) electrons. The highest BCUT2D eigenvalue weighted by Gasteiger charge is 2.39. The number of nitrogens with one attached hydrogen (secondary N) is 2. The number of piperidine rings is 1. The maximum absolute atomic E-state index is 12.8. The van der Waals surface area contributed by atoms with Gasteiger partial charge in [0.1, 0.15) is 6.04 Å². The molecular weight excluding hydrogens is 366 g/mol. The number of carbonyl (C=O) groups is 3. The molecule has 0 saturated carbocycles. The molecule has 152 valence electrons. The van der Waals surface area contributed by atoms with Crippen LogP contribution in [0.3, 0.4) is 0 Å². The van der Waals surface area contributed by atoms with E-state index in [0.717, 1.165) is 11.3 Å². The van der Waals surface area contributed by atoms with Crippen molar-refractivity contribution in [3.8, 4) is 0 Å². The minimum Gasteiger partial charge on any atom is -0.394 e. The predicted molar refractivity (Wildman–Crippen MR) is 99.7 cm³/mol. The average molecular weight is 391 g/mol. The smallest absolute Gasteiger partial charge is 0.255 e. The molecule has 3 amide bonds. The quantitative estimate of drug-likeness (QED) is 0.376. The van der Waals surface area contributed by atoms with Crippen molar-refractivity contribution < 1.29 is 29.0 Å². The lowest BCUT2D eigenvalue weighted by Crippen LogP contribution is -2.52. The minimum absolute atomic E-state index is 0.00473. The first-order valence-corrected chi connectivity index (χ1v) is 9.38. The first-order valence-electron chi connectivity index (χ1n) is 9.38. The summed E-state index contributed by atoms with van der Waals surface area (Å²) >= 11 is 0. The van der Waals surface area contributed by atoms with Gasteiger partial charge in [0.05, 0.1) is 33.0 Å². The number of anilines is 1. The van der Waals surface area contributed by atoms with Gasteiger partial charge in [0.25, 0.3) is 5.91 Å². The fourth-order valence-corrected chi connectivity index (χ4v) is 3.40. The molecule has 1 aromatic carbocycles. The fraction of sp³-hybridized carbons (Fsp3) is 0.526. The lowest BCUT2D eigenvalue weighted by molar-refractivity contribution is -0.136. The van der Waals surface area contributed by atoms with E-state index in [1.807, 2.05) is 6.07 Å². The molecule has 3 N–H and O–H groups in total. The van der Waals surface area contributed by atoms with E-state index in [0.29, 0.717) is 51.5 Å². The molecule has 28 heavy (non-hydrogen) atoms. The highest BCUT2D eigenvalue weighted by Crippen LogP contribution is 2.32. The number of hydrogen-bond donors (Lipinski definition) is 3. The molecule has 0 spiro atoms. The molecule has 2 heterocycles. The number of carbonyl (C=O) groups excluding carboxylic acids is 3. The van der Waals surface area contributed by atoms with E-state index in [1.165, 1.54) is 4.90 Å². The molecule has 1 atom stereocenters. The number of fused-ring (bicyclic) bond motifs is 1. The summed E-state index contributed by atoms with van der Waals surface area (Å²) in [6, 6.07) is 4.83. The molecule has 0 bridgehead atoms. The number of benzene rings is 1. The second-order valence-corrected chi connectivity index (χ2v) is 6.61. The molecule has 0 aliphatic carbocycles. The van der Waals surface area contributed by atoms with Crippen LogP contribution in [-0.4, -0.2) is 73.3 Å². The van der Waals surface area contributed by atoms with Gasteiger partial charge in [0.15, 0.2) is 0 Å². The van der Waals surface area contributed by atoms with Crippen molar-refractivity contribution >= 4 is 23.4 Å².